The molecular formula is C68H52BN3. The van der Waals surface area contributed by atoms with Gasteiger partial charge in [0.05, 0.1) is 5.69 Å². The van der Waals surface area contributed by atoms with Crippen molar-refractivity contribution < 1.29 is 0 Å². The van der Waals surface area contributed by atoms with Gasteiger partial charge in [0, 0.05) is 45.5 Å². The van der Waals surface area contributed by atoms with Crippen LogP contribution in [0.5, 0.6) is 0 Å². The van der Waals surface area contributed by atoms with Crippen molar-refractivity contribution in [3.8, 4) is 33.4 Å². The number of fused-ring (bicyclic) bond motifs is 4. The molecule has 72 heavy (non-hydrogen) atoms. The van der Waals surface area contributed by atoms with Gasteiger partial charge in [-0.15, -0.1) is 0 Å². The summed E-state index contributed by atoms with van der Waals surface area (Å²) in [6.07, 6.45) is 5.79. The van der Waals surface area contributed by atoms with Crippen molar-refractivity contribution in [2.24, 2.45) is 0 Å². The summed E-state index contributed by atoms with van der Waals surface area (Å²) in [7, 11) is 0. The lowest BCUT2D eigenvalue weighted by atomic mass is 9.33. The summed E-state index contributed by atoms with van der Waals surface area (Å²) >= 11 is 0. The molecule has 342 valence electrons. The molecule has 0 fully saturated rings. The number of hydrogen-bond acceptors (Lipinski definition) is 3. The zero-order valence-corrected chi connectivity index (χ0v) is 40.6. The monoisotopic (exact) mass is 921 g/mol. The van der Waals surface area contributed by atoms with Gasteiger partial charge in [-0.05, 0) is 148 Å². The van der Waals surface area contributed by atoms with Crippen LogP contribution in [-0.2, 0) is 0 Å². The molecule has 2 aliphatic rings. The van der Waals surface area contributed by atoms with Gasteiger partial charge in [-0.2, -0.15) is 0 Å². The van der Waals surface area contributed by atoms with Crippen LogP contribution >= 0.6 is 0 Å². The number of rotatable bonds is 11. The van der Waals surface area contributed by atoms with E-state index in [2.05, 4.69) is 278 Å². The predicted octanol–water partition coefficient (Wildman–Crippen LogP) is 16.6. The van der Waals surface area contributed by atoms with Gasteiger partial charge in [0.1, 0.15) is 0 Å². The largest absolute Gasteiger partial charge is 0.311 e. The first kappa shape index (κ1) is 44.1. The van der Waals surface area contributed by atoms with Crippen molar-refractivity contribution in [2.45, 2.75) is 13.8 Å². The molecule has 3 nitrogen and oxygen atoms in total. The third-order valence-corrected chi connectivity index (χ3v) is 14.3. The van der Waals surface area contributed by atoms with E-state index in [1.165, 1.54) is 49.8 Å². The Morgan fingerprint density at radius 2 is 0.847 bits per heavy atom. The molecule has 0 amide bonds. The molecule has 0 unspecified atom stereocenters. The first-order valence-corrected chi connectivity index (χ1v) is 24.8. The number of hydrogen-bond donors (Lipinski definition) is 0. The van der Waals surface area contributed by atoms with Gasteiger partial charge in [-0.1, -0.05) is 206 Å². The fourth-order valence-corrected chi connectivity index (χ4v) is 10.8. The summed E-state index contributed by atoms with van der Waals surface area (Å²) in [5.41, 5.74) is 25.1. The van der Waals surface area contributed by atoms with E-state index in [1.54, 1.807) is 0 Å². The van der Waals surface area contributed by atoms with E-state index in [9.17, 15) is 0 Å². The Morgan fingerprint density at radius 3 is 1.32 bits per heavy atom. The van der Waals surface area contributed by atoms with Crippen molar-refractivity contribution in [3.05, 3.63) is 285 Å². The van der Waals surface area contributed by atoms with Crippen LogP contribution in [0.15, 0.2) is 268 Å². The highest BCUT2D eigenvalue weighted by molar-refractivity contribution is 7.00. The van der Waals surface area contributed by atoms with Gasteiger partial charge in [-0.25, -0.2) is 0 Å². The number of nitrogens with zero attached hydrogens (tertiary/aromatic N) is 3. The standard InChI is InChI=1S/C68H52BN3/c1-5-18-49(6-2)53-25-16-27-59(41-53)71-64-43-55(51-21-12-8-13-22-51)33-39-62(64)69-63-40-34-56(52-23-14-9-15-24-52)44-65(63)72(60-28-17-26-54(42-60)50-19-10-7-11-20-50)67-46-61(45-66(71)68(67)69)70(57-35-29-47(3)30-36-57)58-37-31-48(4)32-38-58/h5-46H,1-2H2,3-4H3/b49-18+. The molecule has 12 rings (SSSR count). The summed E-state index contributed by atoms with van der Waals surface area (Å²) in [6.45, 7) is 12.5. The molecule has 0 radical (unpaired) electrons. The van der Waals surface area contributed by atoms with Crippen LogP contribution in [0, 0.1) is 13.8 Å². The third-order valence-electron chi connectivity index (χ3n) is 14.3. The lowest BCUT2D eigenvalue weighted by Crippen LogP contribution is -2.61. The SMILES string of the molecule is C=C/C=C(\C=C)c1cccc(N2c3cc(-c4ccccc4)ccc3B3c4ccc(-c5ccccc5)cc4N(c4cccc(-c5ccccc5)c4)c4cc(N(c5ccc(C)cc5)c5ccc(C)cc5)cc2c43)c1. The minimum Gasteiger partial charge on any atom is -0.311 e. The fourth-order valence-electron chi connectivity index (χ4n) is 10.8. The summed E-state index contributed by atoms with van der Waals surface area (Å²) in [5.74, 6) is 0. The van der Waals surface area contributed by atoms with Gasteiger partial charge < -0.3 is 14.7 Å². The Morgan fingerprint density at radius 1 is 0.403 bits per heavy atom. The molecule has 2 heterocycles. The number of aryl methyl sites for hydroxylation is 2. The van der Waals surface area contributed by atoms with Crippen LogP contribution in [0.25, 0.3) is 39.0 Å². The number of benzene rings is 10. The lowest BCUT2D eigenvalue weighted by Gasteiger charge is -2.45. The van der Waals surface area contributed by atoms with Crippen LogP contribution < -0.4 is 31.1 Å². The van der Waals surface area contributed by atoms with Crippen LogP contribution in [0.4, 0.5) is 51.2 Å². The second kappa shape index (κ2) is 18.7. The molecule has 10 aromatic carbocycles. The van der Waals surface area contributed by atoms with Crippen molar-refractivity contribution >= 4 is 79.9 Å². The van der Waals surface area contributed by atoms with Gasteiger partial charge in [0.15, 0.2) is 0 Å². The zero-order chi connectivity index (χ0) is 48.7. The molecule has 0 atom stereocenters. The van der Waals surface area contributed by atoms with Crippen molar-refractivity contribution in [3.63, 3.8) is 0 Å². The van der Waals surface area contributed by atoms with Crippen LogP contribution in [-0.4, -0.2) is 6.71 Å². The van der Waals surface area contributed by atoms with Gasteiger partial charge in [-0.3, -0.25) is 0 Å². The van der Waals surface area contributed by atoms with E-state index < -0.39 is 0 Å². The molecule has 0 spiro atoms. The minimum absolute atomic E-state index is 0.103. The summed E-state index contributed by atoms with van der Waals surface area (Å²) in [5, 5.41) is 0. The van der Waals surface area contributed by atoms with E-state index in [4.69, 9.17) is 0 Å². The van der Waals surface area contributed by atoms with Crippen LogP contribution in [0.2, 0.25) is 0 Å². The Hall–Kier alpha value is -9.12. The van der Waals surface area contributed by atoms with Crippen molar-refractivity contribution in [1.82, 2.24) is 0 Å². The fraction of sp³-hybridized carbons (Fsp3) is 0.0294. The van der Waals surface area contributed by atoms with Gasteiger partial charge in [0.25, 0.3) is 6.71 Å². The molecule has 0 aliphatic carbocycles. The molecular weight excluding hydrogens is 870 g/mol. The zero-order valence-electron chi connectivity index (χ0n) is 40.6. The van der Waals surface area contributed by atoms with Crippen LogP contribution in [0.3, 0.4) is 0 Å². The van der Waals surface area contributed by atoms with E-state index >= 15 is 0 Å². The highest BCUT2D eigenvalue weighted by Crippen LogP contribution is 2.49. The Bertz CT molecular complexity index is 3650. The second-order valence-corrected chi connectivity index (χ2v) is 18.8. The molecule has 0 saturated carbocycles. The predicted molar refractivity (Wildman–Crippen MR) is 309 cm³/mol. The minimum atomic E-state index is -0.103. The molecule has 0 saturated heterocycles. The van der Waals surface area contributed by atoms with Gasteiger partial charge >= 0.3 is 0 Å². The van der Waals surface area contributed by atoms with E-state index in [0.717, 1.165) is 73.4 Å². The quantitative estimate of drug-likeness (QED) is 0.0945. The summed E-state index contributed by atoms with van der Waals surface area (Å²) < 4.78 is 0. The third kappa shape index (κ3) is 7.93. The topological polar surface area (TPSA) is 9.72 Å². The number of anilines is 9. The van der Waals surface area contributed by atoms with Crippen molar-refractivity contribution in [1.29, 1.82) is 0 Å². The normalized spacial score (nSPS) is 12.4. The second-order valence-electron chi connectivity index (χ2n) is 18.8. The molecule has 0 bridgehead atoms. The smallest absolute Gasteiger partial charge is 0.252 e. The Labute approximate surface area is 424 Å². The average Bonchev–Trinajstić information content (AvgIpc) is 3.44. The first-order valence-electron chi connectivity index (χ1n) is 24.8. The maximum Gasteiger partial charge on any atom is 0.252 e. The van der Waals surface area contributed by atoms with Gasteiger partial charge in [0.2, 0.25) is 0 Å². The lowest BCUT2D eigenvalue weighted by molar-refractivity contribution is 1.22. The van der Waals surface area contributed by atoms with E-state index in [1.807, 2.05) is 18.2 Å². The maximum absolute atomic E-state index is 4.22. The number of allylic oxidation sites excluding steroid dienone is 4. The maximum atomic E-state index is 4.22. The highest BCUT2D eigenvalue weighted by atomic mass is 15.2. The van der Waals surface area contributed by atoms with Crippen molar-refractivity contribution in [2.75, 3.05) is 14.7 Å². The van der Waals surface area contributed by atoms with E-state index in [0.29, 0.717) is 0 Å². The average molecular weight is 922 g/mol. The molecule has 2 aliphatic heterocycles. The molecule has 0 N–H and O–H groups in total. The van der Waals surface area contributed by atoms with Crippen LogP contribution in [0.1, 0.15) is 16.7 Å². The highest BCUT2D eigenvalue weighted by Gasteiger charge is 2.44. The molecule has 4 heteroatoms. The molecule has 0 aromatic heterocycles. The Kier molecular flexibility index (Phi) is 11.4. The molecule has 10 aromatic rings. The van der Waals surface area contributed by atoms with E-state index in [-0.39, 0.29) is 6.71 Å². The first-order chi connectivity index (χ1) is 35.4. The summed E-state index contributed by atoms with van der Waals surface area (Å²) in [6, 6.07) is 87.2. The Balaban J connectivity index is 1.22. The summed E-state index contributed by atoms with van der Waals surface area (Å²) in [4.78, 5) is 7.48.